The van der Waals surface area contributed by atoms with E-state index in [0.29, 0.717) is 25.2 Å². The molecule has 1 fully saturated rings. The van der Waals surface area contributed by atoms with Gasteiger partial charge in [0.1, 0.15) is 11.7 Å². The van der Waals surface area contributed by atoms with E-state index in [9.17, 15) is 9.59 Å². The number of likely N-dealkylation sites (N-methyl/N-ethyl adjacent to an activating group) is 1. The zero-order valence-electron chi connectivity index (χ0n) is 13.7. The van der Waals surface area contributed by atoms with E-state index < -0.39 is 6.04 Å². The lowest BCUT2D eigenvalue weighted by Crippen LogP contribution is -2.46. The third-order valence-corrected chi connectivity index (χ3v) is 4.25. The molecule has 2 aromatic rings. The first-order chi connectivity index (χ1) is 11.6. The van der Waals surface area contributed by atoms with Gasteiger partial charge in [-0.05, 0) is 31.0 Å². The number of likely N-dealkylation sites (tertiary alicyclic amines) is 1. The average Bonchev–Trinajstić information content (AvgIpc) is 3.22. The normalized spacial score (nSPS) is 20.2. The third-order valence-electron chi connectivity index (χ3n) is 4.25. The highest BCUT2D eigenvalue weighted by molar-refractivity contribution is 5.97. The Hall–Kier alpha value is -2.60. The summed E-state index contributed by atoms with van der Waals surface area (Å²) in [5.41, 5.74) is 8.33. The van der Waals surface area contributed by atoms with Gasteiger partial charge in [-0.3, -0.25) is 9.59 Å². The lowest BCUT2D eigenvalue weighted by molar-refractivity contribution is -0.124. The first-order valence-electron chi connectivity index (χ1n) is 8.19. The number of carbonyl (C=O) groups excluding carboxylic acids is 2. The van der Waals surface area contributed by atoms with Crippen LogP contribution >= 0.6 is 0 Å². The summed E-state index contributed by atoms with van der Waals surface area (Å²) in [7, 11) is 0. The van der Waals surface area contributed by atoms with Crippen molar-refractivity contribution in [2.45, 2.75) is 25.4 Å². The van der Waals surface area contributed by atoms with Crippen molar-refractivity contribution in [3.63, 3.8) is 0 Å². The fraction of sp³-hybridized carbons (Fsp3) is 0.333. The molecular formula is C18H22N4O2. The van der Waals surface area contributed by atoms with Crippen LogP contribution in [-0.4, -0.2) is 46.9 Å². The quantitative estimate of drug-likeness (QED) is 0.792. The summed E-state index contributed by atoms with van der Waals surface area (Å²) in [6.07, 6.45) is 0.490. The number of aromatic nitrogens is 1. The number of nitrogens with zero attached hydrogens (tertiary/aromatic N) is 1. The summed E-state index contributed by atoms with van der Waals surface area (Å²) in [6, 6.07) is 12.7. The molecule has 1 aromatic carbocycles. The maximum atomic E-state index is 12.8. The maximum absolute atomic E-state index is 12.8. The smallest absolute Gasteiger partial charge is 0.271 e. The van der Waals surface area contributed by atoms with Gasteiger partial charge in [-0.2, -0.15) is 0 Å². The first-order valence-corrected chi connectivity index (χ1v) is 8.19. The number of carbonyl (C=O) groups is 2. The Balaban J connectivity index is 1.80. The highest BCUT2D eigenvalue weighted by Crippen LogP contribution is 2.22. The van der Waals surface area contributed by atoms with Crippen molar-refractivity contribution in [3.8, 4) is 11.3 Å². The second-order valence-corrected chi connectivity index (χ2v) is 6.02. The molecule has 0 unspecified atom stereocenters. The molecule has 6 heteroatoms. The zero-order chi connectivity index (χ0) is 17.1. The van der Waals surface area contributed by atoms with Crippen molar-refractivity contribution < 1.29 is 9.59 Å². The molecule has 2 amide bonds. The van der Waals surface area contributed by atoms with Gasteiger partial charge in [0.2, 0.25) is 5.91 Å². The van der Waals surface area contributed by atoms with Crippen LogP contribution in [0.4, 0.5) is 0 Å². The highest BCUT2D eigenvalue weighted by Gasteiger charge is 2.38. The van der Waals surface area contributed by atoms with E-state index in [4.69, 9.17) is 5.73 Å². The minimum absolute atomic E-state index is 0.145. The van der Waals surface area contributed by atoms with Crippen molar-refractivity contribution in [1.29, 1.82) is 0 Å². The summed E-state index contributed by atoms with van der Waals surface area (Å²) in [4.78, 5) is 29.7. The molecule has 1 saturated heterocycles. The number of amides is 2. The highest BCUT2D eigenvalue weighted by atomic mass is 16.2. The van der Waals surface area contributed by atoms with Gasteiger partial charge < -0.3 is 20.9 Å². The van der Waals surface area contributed by atoms with E-state index in [-0.39, 0.29) is 17.9 Å². The van der Waals surface area contributed by atoms with E-state index in [1.54, 1.807) is 11.0 Å². The second kappa shape index (κ2) is 6.88. The SMILES string of the molecule is CCNC(=O)[C@@H]1C[C@H](N)CN1C(=O)c1ccc(-c2ccccc2)[nH]1. The van der Waals surface area contributed by atoms with Gasteiger partial charge in [-0.15, -0.1) is 0 Å². The third kappa shape index (κ3) is 3.19. The Labute approximate surface area is 141 Å². The lowest BCUT2D eigenvalue weighted by Gasteiger charge is -2.23. The van der Waals surface area contributed by atoms with Crippen molar-refractivity contribution >= 4 is 11.8 Å². The van der Waals surface area contributed by atoms with Crippen molar-refractivity contribution in [3.05, 3.63) is 48.2 Å². The minimum atomic E-state index is -0.504. The number of H-pyrrole nitrogens is 1. The lowest BCUT2D eigenvalue weighted by atomic mass is 10.1. The molecule has 0 saturated carbocycles. The summed E-state index contributed by atoms with van der Waals surface area (Å²) >= 11 is 0. The molecule has 0 aliphatic carbocycles. The Morgan fingerprint density at radius 3 is 2.71 bits per heavy atom. The Bertz CT molecular complexity index is 726. The first kappa shape index (κ1) is 16.3. The summed E-state index contributed by atoms with van der Waals surface area (Å²) < 4.78 is 0. The van der Waals surface area contributed by atoms with Crippen LogP contribution in [0.3, 0.4) is 0 Å². The number of nitrogens with one attached hydrogen (secondary N) is 2. The molecule has 1 aromatic heterocycles. The van der Waals surface area contributed by atoms with E-state index in [1.165, 1.54) is 0 Å². The fourth-order valence-corrected chi connectivity index (χ4v) is 3.09. The molecule has 0 bridgehead atoms. The monoisotopic (exact) mass is 326 g/mol. The van der Waals surface area contributed by atoms with Crippen LogP contribution in [0.5, 0.6) is 0 Å². The molecule has 2 atom stereocenters. The second-order valence-electron chi connectivity index (χ2n) is 6.02. The van der Waals surface area contributed by atoms with Crippen molar-refractivity contribution in [1.82, 2.24) is 15.2 Å². The number of nitrogens with two attached hydrogens (primary N) is 1. The molecule has 1 aliphatic rings. The molecule has 24 heavy (non-hydrogen) atoms. The topological polar surface area (TPSA) is 91.2 Å². The largest absolute Gasteiger partial charge is 0.355 e. The summed E-state index contributed by atoms with van der Waals surface area (Å²) in [6.45, 7) is 2.78. The Morgan fingerprint density at radius 2 is 2.00 bits per heavy atom. The molecular weight excluding hydrogens is 304 g/mol. The number of rotatable bonds is 4. The van der Waals surface area contributed by atoms with Crippen LogP contribution < -0.4 is 11.1 Å². The molecule has 2 heterocycles. The standard InChI is InChI=1S/C18H22N4O2/c1-2-20-17(23)16-10-13(19)11-22(16)18(24)15-9-8-14(21-15)12-6-4-3-5-7-12/h3-9,13,16,21H,2,10-11,19H2,1H3,(H,20,23)/t13-,16-/m0/s1. The van der Waals surface area contributed by atoms with Gasteiger partial charge in [-0.25, -0.2) is 0 Å². The van der Waals surface area contributed by atoms with Crippen molar-refractivity contribution in [2.24, 2.45) is 5.73 Å². The molecule has 1 aliphatic heterocycles. The van der Waals surface area contributed by atoms with Crippen LogP contribution in [-0.2, 0) is 4.79 Å². The van der Waals surface area contributed by atoms with Gasteiger partial charge in [0, 0.05) is 24.8 Å². The number of aromatic amines is 1. The van der Waals surface area contributed by atoms with Gasteiger partial charge in [0.05, 0.1) is 0 Å². The molecule has 0 spiro atoms. The summed E-state index contributed by atoms with van der Waals surface area (Å²) in [5.74, 6) is -0.338. The zero-order valence-corrected chi connectivity index (χ0v) is 13.7. The van der Waals surface area contributed by atoms with Crippen molar-refractivity contribution in [2.75, 3.05) is 13.1 Å². The number of benzene rings is 1. The van der Waals surface area contributed by atoms with E-state index in [2.05, 4.69) is 10.3 Å². The van der Waals surface area contributed by atoms with Gasteiger partial charge in [0.15, 0.2) is 0 Å². The Morgan fingerprint density at radius 1 is 1.25 bits per heavy atom. The predicted octanol–water partition coefficient (Wildman–Crippen LogP) is 1.36. The number of hydrogen-bond donors (Lipinski definition) is 3. The number of hydrogen-bond acceptors (Lipinski definition) is 3. The molecule has 3 rings (SSSR count). The van der Waals surface area contributed by atoms with Gasteiger partial charge >= 0.3 is 0 Å². The van der Waals surface area contributed by atoms with E-state index in [0.717, 1.165) is 11.3 Å². The Kier molecular flexibility index (Phi) is 4.66. The van der Waals surface area contributed by atoms with Gasteiger partial charge in [0.25, 0.3) is 5.91 Å². The van der Waals surface area contributed by atoms with Crippen LogP contribution in [0.2, 0.25) is 0 Å². The fourth-order valence-electron chi connectivity index (χ4n) is 3.09. The molecule has 6 nitrogen and oxygen atoms in total. The van der Waals surface area contributed by atoms with Crippen LogP contribution in [0.15, 0.2) is 42.5 Å². The van der Waals surface area contributed by atoms with Crippen LogP contribution in [0.25, 0.3) is 11.3 Å². The van der Waals surface area contributed by atoms with Gasteiger partial charge in [-0.1, -0.05) is 30.3 Å². The van der Waals surface area contributed by atoms with Crippen LogP contribution in [0, 0.1) is 0 Å². The van der Waals surface area contributed by atoms with Crippen LogP contribution in [0.1, 0.15) is 23.8 Å². The minimum Gasteiger partial charge on any atom is -0.355 e. The maximum Gasteiger partial charge on any atom is 0.271 e. The van der Waals surface area contributed by atoms with E-state index >= 15 is 0 Å². The van der Waals surface area contributed by atoms with E-state index in [1.807, 2.05) is 43.3 Å². The molecule has 126 valence electrons. The predicted molar refractivity (Wildman–Crippen MR) is 92.3 cm³/mol. The molecule has 4 N–H and O–H groups in total. The summed E-state index contributed by atoms with van der Waals surface area (Å²) in [5, 5.41) is 2.78. The molecule has 0 radical (unpaired) electrons. The average molecular weight is 326 g/mol.